The first kappa shape index (κ1) is 26.0. The van der Waals surface area contributed by atoms with Gasteiger partial charge in [-0.05, 0) is 56.0 Å². The highest BCUT2D eigenvalue weighted by Gasteiger charge is 2.31. The van der Waals surface area contributed by atoms with Crippen molar-refractivity contribution in [2.75, 3.05) is 17.1 Å². The van der Waals surface area contributed by atoms with Gasteiger partial charge in [-0.15, -0.1) is 0 Å². The van der Waals surface area contributed by atoms with Gasteiger partial charge in [0.05, 0.1) is 11.9 Å². The van der Waals surface area contributed by atoms with Gasteiger partial charge in [0.2, 0.25) is 21.8 Å². The van der Waals surface area contributed by atoms with E-state index < -0.39 is 28.5 Å². The van der Waals surface area contributed by atoms with Gasteiger partial charge in [0, 0.05) is 17.6 Å². The minimum Gasteiger partial charge on any atom is -0.352 e. The normalized spacial score (nSPS) is 15.1. The molecular formula is C25H32ClN3O4S. The Bertz CT molecular complexity index is 1130. The SMILES string of the molecule is Cc1ccccc1N(CC(=O)N(Cc1cccc(Cl)c1)[C@@H](C)C(=O)NC1CCCC1)S(C)(=O)=O. The molecule has 1 atom stereocenters. The zero-order chi connectivity index (χ0) is 24.9. The Labute approximate surface area is 207 Å². The average Bonchev–Trinajstić information content (AvgIpc) is 3.28. The number of carbonyl (C=O) groups is 2. The van der Waals surface area contributed by atoms with Crippen LogP contribution >= 0.6 is 11.6 Å². The van der Waals surface area contributed by atoms with Crippen LogP contribution in [0.15, 0.2) is 48.5 Å². The van der Waals surface area contributed by atoms with Crippen molar-refractivity contribution in [3.05, 3.63) is 64.7 Å². The number of para-hydroxylation sites is 1. The molecule has 0 spiro atoms. The Morgan fingerprint density at radius 2 is 1.79 bits per heavy atom. The summed E-state index contributed by atoms with van der Waals surface area (Å²) < 4.78 is 26.4. The zero-order valence-corrected chi connectivity index (χ0v) is 21.4. The van der Waals surface area contributed by atoms with E-state index in [1.54, 1.807) is 50.2 Å². The Hall–Kier alpha value is -2.58. The van der Waals surface area contributed by atoms with E-state index in [0.717, 1.165) is 47.4 Å². The molecule has 184 valence electrons. The van der Waals surface area contributed by atoms with Gasteiger partial charge in [-0.2, -0.15) is 0 Å². The highest BCUT2D eigenvalue weighted by Crippen LogP contribution is 2.23. The fourth-order valence-corrected chi connectivity index (χ4v) is 5.36. The molecule has 2 aromatic carbocycles. The fourth-order valence-electron chi connectivity index (χ4n) is 4.24. The van der Waals surface area contributed by atoms with Crippen LogP contribution in [0.25, 0.3) is 0 Å². The summed E-state index contributed by atoms with van der Waals surface area (Å²) >= 11 is 6.13. The van der Waals surface area contributed by atoms with Gasteiger partial charge >= 0.3 is 0 Å². The van der Waals surface area contributed by atoms with Crippen molar-refractivity contribution in [2.24, 2.45) is 0 Å². The molecule has 1 fully saturated rings. The van der Waals surface area contributed by atoms with Gasteiger partial charge in [-0.3, -0.25) is 13.9 Å². The van der Waals surface area contributed by atoms with Crippen molar-refractivity contribution < 1.29 is 18.0 Å². The Morgan fingerprint density at radius 3 is 2.41 bits per heavy atom. The van der Waals surface area contributed by atoms with Crippen LogP contribution in [0.2, 0.25) is 5.02 Å². The second-order valence-corrected chi connectivity index (χ2v) is 11.2. The summed E-state index contributed by atoms with van der Waals surface area (Å²) in [5, 5.41) is 3.56. The lowest BCUT2D eigenvalue weighted by Gasteiger charge is -2.32. The summed E-state index contributed by atoms with van der Waals surface area (Å²) in [6.45, 7) is 3.18. The monoisotopic (exact) mass is 505 g/mol. The van der Waals surface area contributed by atoms with Crippen molar-refractivity contribution in [1.29, 1.82) is 0 Å². The summed E-state index contributed by atoms with van der Waals surface area (Å²) in [5.74, 6) is -0.716. The molecule has 3 rings (SSSR count). The number of carbonyl (C=O) groups excluding carboxylic acids is 2. The molecule has 2 aromatic rings. The molecule has 0 unspecified atom stereocenters. The van der Waals surface area contributed by atoms with Crippen molar-refractivity contribution >= 4 is 39.1 Å². The van der Waals surface area contributed by atoms with E-state index in [0.29, 0.717) is 10.7 Å². The van der Waals surface area contributed by atoms with Crippen LogP contribution in [-0.2, 0) is 26.2 Å². The first-order chi connectivity index (χ1) is 16.1. The third-order valence-corrected chi connectivity index (χ3v) is 7.54. The Balaban J connectivity index is 1.89. The third kappa shape index (κ3) is 6.73. The standard InChI is InChI=1S/C25H32ClN3O4S/c1-18-9-4-7-14-23(18)29(34(3,32)33)17-24(30)28(16-20-10-8-11-21(26)15-20)19(2)25(31)27-22-12-5-6-13-22/h4,7-11,14-15,19,22H,5-6,12-13,16-17H2,1-3H3,(H,27,31)/t19-/m0/s1. The van der Waals surface area contributed by atoms with E-state index in [4.69, 9.17) is 11.6 Å². The Kier molecular flexibility index (Phi) is 8.60. The quantitative estimate of drug-likeness (QED) is 0.560. The van der Waals surface area contributed by atoms with Gasteiger partial charge < -0.3 is 10.2 Å². The summed E-state index contributed by atoms with van der Waals surface area (Å²) in [5.41, 5.74) is 1.92. The van der Waals surface area contributed by atoms with Crippen LogP contribution < -0.4 is 9.62 Å². The minimum absolute atomic E-state index is 0.109. The highest BCUT2D eigenvalue weighted by atomic mass is 35.5. The molecule has 0 bridgehead atoms. The molecule has 34 heavy (non-hydrogen) atoms. The number of benzene rings is 2. The third-order valence-electron chi connectivity index (χ3n) is 6.17. The van der Waals surface area contributed by atoms with Gasteiger partial charge in [-0.25, -0.2) is 8.42 Å². The predicted octanol–water partition coefficient (Wildman–Crippen LogP) is 3.89. The largest absolute Gasteiger partial charge is 0.352 e. The number of aryl methyl sites for hydroxylation is 1. The smallest absolute Gasteiger partial charge is 0.244 e. The van der Waals surface area contributed by atoms with Crippen LogP contribution in [0, 0.1) is 6.92 Å². The maximum absolute atomic E-state index is 13.6. The number of hydrogen-bond acceptors (Lipinski definition) is 4. The maximum atomic E-state index is 13.6. The molecule has 1 aliphatic carbocycles. The van der Waals surface area contributed by atoms with Crippen LogP contribution in [0.3, 0.4) is 0 Å². The number of nitrogens with one attached hydrogen (secondary N) is 1. The average molecular weight is 506 g/mol. The molecule has 1 saturated carbocycles. The number of anilines is 1. The summed E-state index contributed by atoms with van der Waals surface area (Å²) in [6, 6.07) is 13.4. The van der Waals surface area contributed by atoms with Crippen LogP contribution in [0.1, 0.15) is 43.7 Å². The predicted molar refractivity (Wildman–Crippen MR) is 135 cm³/mol. The van der Waals surface area contributed by atoms with E-state index in [-0.39, 0.29) is 18.5 Å². The highest BCUT2D eigenvalue weighted by molar-refractivity contribution is 7.92. The number of sulfonamides is 1. The van der Waals surface area contributed by atoms with Crippen molar-refractivity contribution in [1.82, 2.24) is 10.2 Å². The molecule has 1 aliphatic rings. The van der Waals surface area contributed by atoms with Gasteiger partial charge in [0.1, 0.15) is 12.6 Å². The van der Waals surface area contributed by atoms with Crippen LogP contribution in [-0.4, -0.2) is 50.0 Å². The first-order valence-corrected chi connectivity index (χ1v) is 13.7. The molecule has 0 aromatic heterocycles. The fraction of sp³-hybridized carbons (Fsp3) is 0.440. The van der Waals surface area contributed by atoms with Crippen molar-refractivity contribution in [3.63, 3.8) is 0 Å². The van der Waals surface area contributed by atoms with Crippen LogP contribution in [0.4, 0.5) is 5.69 Å². The summed E-state index contributed by atoms with van der Waals surface area (Å²) in [6.07, 6.45) is 5.07. The lowest BCUT2D eigenvalue weighted by Crippen LogP contribution is -2.52. The lowest BCUT2D eigenvalue weighted by atomic mass is 10.1. The molecule has 0 radical (unpaired) electrons. The number of hydrogen-bond donors (Lipinski definition) is 1. The number of amides is 2. The molecule has 1 N–H and O–H groups in total. The molecule has 0 heterocycles. The molecule has 0 saturated heterocycles. The van der Waals surface area contributed by atoms with Gasteiger partial charge in [0.25, 0.3) is 0 Å². The minimum atomic E-state index is -3.75. The molecule has 7 nitrogen and oxygen atoms in total. The second-order valence-electron chi connectivity index (χ2n) is 8.87. The topological polar surface area (TPSA) is 86.8 Å². The van der Waals surface area contributed by atoms with Crippen molar-refractivity contribution in [3.8, 4) is 0 Å². The number of halogens is 1. The van der Waals surface area contributed by atoms with Gasteiger partial charge in [-0.1, -0.05) is 54.8 Å². The first-order valence-electron chi connectivity index (χ1n) is 11.4. The van der Waals surface area contributed by atoms with E-state index in [1.165, 1.54) is 4.90 Å². The molecule has 2 amide bonds. The number of rotatable bonds is 9. The zero-order valence-electron chi connectivity index (χ0n) is 19.8. The molecule has 9 heteroatoms. The summed E-state index contributed by atoms with van der Waals surface area (Å²) in [4.78, 5) is 28.0. The van der Waals surface area contributed by atoms with E-state index in [9.17, 15) is 18.0 Å². The number of nitrogens with zero attached hydrogens (tertiary/aromatic N) is 2. The maximum Gasteiger partial charge on any atom is 0.244 e. The van der Waals surface area contributed by atoms with E-state index in [1.807, 2.05) is 12.1 Å². The van der Waals surface area contributed by atoms with Gasteiger partial charge in [0.15, 0.2) is 0 Å². The second kappa shape index (κ2) is 11.2. The van der Waals surface area contributed by atoms with Crippen LogP contribution in [0.5, 0.6) is 0 Å². The Morgan fingerprint density at radius 1 is 1.12 bits per heavy atom. The van der Waals surface area contributed by atoms with E-state index >= 15 is 0 Å². The molecular weight excluding hydrogens is 474 g/mol. The van der Waals surface area contributed by atoms with Crippen molar-refractivity contribution in [2.45, 2.75) is 58.2 Å². The lowest BCUT2D eigenvalue weighted by molar-refractivity contribution is -0.139. The molecule has 0 aliphatic heterocycles. The summed E-state index contributed by atoms with van der Waals surface area (Å²) in [7, 11) is -3.75. The van der Waals surface area contributed by atoms with E-state index in [2.05, 4.69) is 5.32 Å².